The predicted octanol–water partition coefficient (Wildman–Crippen LogP) is 4.85. The monoisotopic (exact) mass is 379 g/mol. The fourth-order valence-electron chi connectivity index (χ4n) is 2.68. The minimum absolute atomic E-state index is 0.258. The summed E-state index contributed by atoms with van der Waals surface area (Å²) in [5.74, 6) is 1.84. The number of benzene rings is 2. The van der Waals surface area contributed by atoms with Gasteiger partial charge in [-0.25, -0.2) is 9.79 Å². The largest absolute Gasteiger partial charge is 0.494 e. The van der Waals surface area contributed by atoms with Crippen LogP contribution in [0.25, 0.3) is 6.08 Å². The fraction of sp³-hybridized carbons (Fsp3) is 0.304. The Bertz CT molecular complexity index is 882. The summed E-state index contributed by atoms with van der Waals surface area (Å²) in [6.45, 7) is 7.45. The van der Waals surface area contributed by atoms with Gasteiger partial charge >= 0.3 is 5.97 Å². The second kappa shape index (κ2) is 9.22. The molecule has 0 saturated carbocycles. The molecule has 5 nitrogen and oxygen atoms in total. The fourth-order valence-corrected chi connectivity index (χ4v) is 2.68. The molecular weight excluding hydrogens is 354 g/mol. The minimum atomic E-state index is -0.474. The average molecular weight is 379 g/mol. The molecule has 0 bridgehead atoms. The Morgan fingerprint density at radius 3 is 2.54 bits per heavy atom. The summed E-state index contributed by atoms with van der Waals surface area (Å²) in [5, 5.41) is 0. The van der Waals surface area contributed by atoms with E-state index in [0.717, 1.165) is 17.7 Å². The van der Waals surface area contributed by atoms with Gasteiger partial charge in [0.15, 0.2) is 5.70 Å². The molecule has 0 saturated heterocycles. The minimum Gasteiger partial charge on any atom is -0.494 e. The van der Waals surface area contributed by atoms with Crippen LogP contribution in [0.2, 0.25) is 0 Å². The normalized spacial score (nSPS) is 14.9. The van der Waals surface area contributed by atoms with Gasteiger partial charge < -0.3 is 14.2 Å². The third-order valence-corrected chi connectivity index (χ3v) is 4.19. The molecule has 0 radical (unpaired) electrons. The van der Waals surface area contributed by atoms with Crippen molar-refractivity contribution in [2.24, 2.45) is 10.9 Å². The number of para-hydroxylation sites is 1. The third-order valence-electron chi connectivity index (χ3n) is 4.19. The molecule has 28 heavy (non-hydrogen) atoms. The van der Waals surface area contributed by atoms with Gasteiger partial charge in [-0.15, -0.1) is 0 Å². The van der Waals surface area contributed by atoms with Crippen molar-refractivity contribution in [3.63, 3.8) is 0 Å². The van der Waals surface area contributed by atoms with Gasteiger partial charge in [0.2, 0.25) is 5.90 Å². The zero-order valence-corrected chi connectivity index (χ0v) is 16.5. The van der Waals surface area contributed by atoms with Crippen LogP contribution in [0, 0.1) is 5.92 Å². The van der Waals surface area contributed by atoms with Crippen LogP contribution in [0.4, 0.5) is 0 Å². The molecule has 5 heteroatoms. The highest BCUT2D eigenvalue weighted by Gasteiger charge is 2.26. The van der Waals surface area contributed by atoms with Crippen molar-refractivity contribution in [2.45, 2.75) is 27.2 Å². The summed E-state index contributed by atoms with van der Waals surface area (Å²) in [6, 6.07) is 14.9. The van der Waals surface area contributed by atoms with E-state index in [1.165, 1.54) is 0 Å². The summed E-state index contributed by atoms with van der Waals surface area (Å²) >= 11 is 0. The lowest BCUT2D eigenvalue weighted by atomic mass is 10.1. The average Bonchev–Trinajstić information content (AvgIpc) is 3.04. The topological polar surface area (TPSA) is 57.1 Å². The van der Waals surface area contributed by atoms with Gasteiger partial charge in [-0.05, 0) is 55.2 Å². The Morgan fingerprint density at radius 2 is 1.82 bits per heavy atom. The maximum atomic E-state index is 12.2. The molecule has 1 aliphatic rings. The van der Waals surface area contributed by atoms with Crippen molar-refractivity contribution >= 4 is 17.9 Å². The standard InChI is InChI=1S/C23H25NO4/c1-4-26-21-8-6-5-7-19(21)22-24-20(23(25)28-22)15-17-9-11-18(12-10-17)27-14-13-16(2)3/h5-12,15-16H,4,13-14H2,1-3H3. The van der Waals surface area contributed by atoms with E-state index < -0.39 is 5.97 Å². The molecule has 1 aliphatic heterocycles. The maximum Gasteiger partial charge on any atom is 0.363 e. The van der Waals surface area contributed by atoms with Crippen LogP contribution in [0.5, 0.6) is 11.5 Å². The molecule has 2 aromatic carbocycles. The van der Waals surface area contributed by atoms with Gasteiger partial charge in [-0.3, -0.25) is 0 Å². The molecule has 0 fully saturated rings. The van der Waals surface area contributed by atoms with Crippen LogP contribution in [-0.4, -0.2) is 25.1 Å². The van der Waals surface area contributed by atoms with Crippen LogP contribution < -0.4 is 9.47 Å². The summed E-state index contributed by atoms with van der Waals surface area (Å²) in [5.41, 5.74) is 1.77. The van der Waals surface area contributed by atoms with Crippen LogP contribution in [0.1, 0.15) is 38.3 Å². The van der Waals surface area contributed by atoms with Gasteiger partial charge in [0.25, 0.3) is 0 Å². The van der Waals surface area contributed by atoms with Crippen LogP contribution in [0.3, 0.4) is 0 Å². The van der Waals surface area contributed by atoms with Crippen molar-refractivity contribution in [1.82, 2.24) is 0 Å². The van der Waals surface area contributed by atoms with E-state index in [-0.39, 0.29) is 11.6 Å². The molecule has 0 spiro atoms. The quantitative estimate of drug-likeness (QED) is 0.486. The number of ether oxygens (including phenoxy) is 3. The van der Waals surface area contributed by atoms with E-state index in [0.29, 0.717) is 30.4 Å². The highest BCUT2D eigenvalue weighted by atomic mass is 16.6. The summed E-state index contributed by atoms with van der Waals surface area (Å²) < 4.78 is 16.7. The Morgan fingerprint density at radius 1 is 1.07 bits per heavy atom. The number of carbonyl (C=O) groups is 1. The first kappa shape index (κ1) is 19.7. The second-order valence-electron chi connectivity index (χ2n) is 6.87. The SMILES string of the molecule is CCOc1ccccc1C1=NC(=Cc2ccc(OCCC(C)C)cc2)C(=O)O1. The third kappa shape index (κ3) is 5.00. The molecule has 1 heterocycles. The van der Waals surface area contributed by atoms with Crippen molar-refractivity contribution in [3.05, 3.63) is 65.4 Å². The van der Waals surface area contributed by atoms with E-state index in [9.17, 15) is 4.79 Å². The number of aliphatic imine (C=N–C) groups is 1. The Kier molecular flexibility index (Phi) is 6.48. The maximum absolute atomic E-state index is 12.2. The van der Waals surface area contributed by atoms with E-state index in [2.05, 4.69) is 18.8 Å². The van der Waals surface area contributed by atoms with Crippen molar-refractivity contribution in [3.8, 4) is 11.5 Å². The highest BCUT2D eigenvalue weighted by Crippen LogP contribution is 2.25. The smallest absolute Gasteiger partial charge is 0.363 e. The second-order valence-corrected chi connectivity index (χ2v) is 6.87. The number of esters is 1. The molecule has 0 atom stereocenters. The number of hydrogen-bond donors (Lipinski definition) is 0. The lowest BCUT2D eigenvalue weighted by Crippen LogP contribution is -2.07. The van der Waals surface area contributed by atoms with Crippen LogP contribution in [0.15, 0.2) is 59.2 Å². The Balaban J connectivity index is 1.75. The van der Waals surface area contributed by atoms with Crippen LogP contribution >= 0.6 is 0 Å². The number of carbonyl (C=O) groups excluding carboxylic acids is 1. The van der Waals surface area contributed by atoms with Gasteiger partial charge in [-0.2, -0.15) is 0 Å². The number of nitrogens with zero attached hydrogens (tertiary/aromatic N) is 1. The molecular formula is C23H25NO4. The van der Waals surface area contributed by atoms with Crippen LogP contribution in [-0.2, 0) is 9.53 Å². The number of rotatable bonds is 8. The summed E-state index contributed by atoms with van der Waals surface area (Å²) in [7, 11) is 0. The zero-order valence-electron chi connectivity index (χ0n) is 16.5. The lowest BCUT2D eigenvalue weighted by molar-refractivity contribution is -0.129. The molecule has 0 aliphatic carbocycles. The molecule has 2 aromatic rings. The predicted molar refractivity (Wildman–Crippen MR) is 110 cm³/mol. The lowest BCUT2D eigenvalue weighted by Gasteiger charge is -2.08. The summed E-state index contributed by atoms with van der Waals surface area (Å²) in [6.07, 6.45) is 2.72. The van der Waals surface area contributed by atoms with Crippen molar-refractivity contribution < 1.29 is 19.0 Å². The zero-order chi connectivity index (χ0) is 19.9. The van der Waals surface area contributed by atoms with E-state index in [4.69, 9.17) is 14.2 Å². The van der Waals surface area contributed by atoms with E-state index in [1.54, 1.807) is 6.08 Å². The van der Waals surface area contributed by atoms with Crippen molar-refractivity contribution in [1.29, 1.82) is 0 Å². The molecule has 146 valence electrons. The number of hydrogen-bond acceptors (Lipinski definition) is 5. The Labute approximate surface area is 165 Å². The molecule has 0 N–H and O–H groups in total. The first-order valence-electron chi connectivity index (χ1n) is 9.54. The number of cyclic esters (lactones) is 1. The van der Waals surface area contributed by atoms with E-state index in [1.807, 2.05) is 55.5 Å². The highest BCUT2D eigenvalue weighted by molar-refractivity contribution is 6.13. The first-order valence-corrected chi connectivity index (χ1v) is 9.54. The molecule has 3 rings (SSSR count). The molecule has 0 aromatic heterocycles. The van der Waals surface area contributed by atoms with Gasteiger partial charge in [0.1, 0.15) is 11.5 Å². The van der Waals surface area contributed by atoms with Gasteiger partial charge in [-0.1, -0.05) is 38.1 Å². The molecule has 0 unspecified atom stereocenters. The molecule has 0 amide bonds. The van der Waals surface area contributed by atoms with E-state index >= 15 is 0 Å². The van der Waals surface area contributed by atoms with Gasteiger partial charge in [0.05, 0.1) is 18.8 Å². The first-order chi connectivity index (χ1) is 13.6. The summed E-state index contributed by atoms with van der Waals surface area (Å²) in [4.78, 5) is 16.6. The van der Waals surface area contributed by atoms with Gasteiger partial charge in [0, 0.05) is 0 Å². The van der Waals surface area contributed by atoms with Crippen molar-refractivity contribution in [2.75, 3.05) is 13.2 Å². The Hall–Kier alpha value is -3.08.